The Hall–Kier alpha value is -2.69. The van der Waals surface area contributed by atoms with Crippen LogP contribution in [0.4, 0.5) is 15.8 Å². The van der Waals surface area contributed by atoms with Gasteiger partial charge in [-0.05, 0) is 36.2 Å². The Balaban J connectivity index is 1.79. The molecule has 0 aliphatic carbocycles. The Labute approximate surface area is 133 Å². The summed E-state index contributed by atoms with van der Waals surface area (Å²) in [7, 11) is 0. The number of para-hydroxylation sites is 1. The molecule has 5 heteroatoms. The van der Waals surface area contributed by atoms with Crippen LogP contribution in [0.2, 0.25) is 0 Å². The summed E-state index contributed by atoms with van der Waals surface area (Å²) < 4.78 is 13.9. The monoisotopic (exact) mass is 312 g/mol. The second-order valence-corrected chi connectivity index (χ2v) is 5.47. The van der Waals surface area contributed by atoms with Crippen LogP contribution in [0.1, 0.15) is 18.9 Å². The molecule has 0 saturated carbocycles. The van der Waals surface area contributed by atoms with E-state index >= 15 is 0 Å². The lowest BCUT2D eigenvalue weighted by atomic mass is 10.1. The highest BCUT2D eigenvalue weighted by Gasteiger charge is 2.40. The predicted octanol–water partition coefficient (Wildman–Crippen LogP) is 3.13. The lowest BCUT2D eigenvalue weighted by molar-refractivity contribution is -0.121. The van der Waals surface area contributed by atoms with Crippen LogP contribution in [0.15, 0.2) is 48.5 Å². The maximum absolute atomic E-state index is 13.9. The minimum atomic E-state index is -0.672. The van der Waals surface area contributed by atoms with E-state index in [0.29, 0.717) is 0 Å². The zero-order chi connectivity index (χ0) is 16.4. The van der Waals surface area contributed by atoms with Crippen molar-refractivity contribution < 1.29 is 14.0 Å². The quantitative estimate of drug-likeness (QED) is 0.882. The molecule has 1 atom stereocenters. The lowest BCUT2D eigenvalue weighted by Gasteiger charge is -2.16. The number of aryl methyl sites for hydroxylation is 1. The average Bonchev–Trinajstić information content (AvgIpc) is 2.83. The number of anilines is 2. The smallest absolute Gasteiger partial charge is 0.256 e. The molecule has 1 aliphatic rings. The topological polar surface area (TPSA) is 49.4 Å². The number of hydrogen-bond donors (Lipinski definition) is 1. The molecule has 1 N–H and O–H groups in total. The van der Waals surface area contributed by atoms with Gasteiger partial charge in [0.2, 0.25) is 5.91 Å². The van der Waals surface area contributed by atoms with Gasteiger partial charge >= 0.3 is 0 Å². The van der Waals surface area contributed by atoms with Crippen LogP contribution < -0.4 is 10.2 Å². The highest BCUT2D eigenvalue weighted by molar-refractivity contribution is 6.23. The molecule has 118 valence electrons. The second kappa shape index (κ2) is 6.20. The van der Waals surface area contributed by atoms with Crippen LogP contribution in [0.25, 0.3) is 0 Å². The number of benzene rings is 2. The first kappa shape index (κ1) is 15.2. The van der Waals surface area contributed by atoms with E-state index < -0.39 is 23.7 Å². The molecule has 1 saturated heterocycles. The van der Waals surface area contributed by atoms with Gasteiger partial charge in [0.05, 0.1) is 12.1 Å². The van der Waals surface area contributed by atoms with Gasteiger partial charge in [0.25, 0.3) is 5.91 Å². The Morgan fingerprint density at radius 2 is 1.83 bits per heavy atom. The molecule has 1 fully saturated rings. The van der Waals surface area contributed by atoms with Gasteiger partial charge in [0.1, 0.15) is 11.9 Å². The summed E-state index contributed by atoms with van der Waals surface area (Å²) in [5.41, 5.74) is 1.97. The van der Waals surface area contributed by atoms with Crippen LogP contribution in [-0.4, -0.2) is 17.9 Å². The van der Waals surface area contributed by atoms with Crippen molar-refractivity contribution in [3.63, 3.8) is 0 Å². The third-order valence-electron chi connectivity index (χ3n) is 3.94. The van der Waals surface area contributed by atoms with Crippen molar-refractivity contribution in [2.45, 2.75) is 25.8 Å². The minimum Gasteiger partial charge on any atom is -0.373 e. The predicted molar refractivity (Wildman–Crippen MR) is 86.7 cm³/mol. The van der Waals surface area contributed by atoms with Crippen molar-refractivity contribution in [3.05, 3.63) is 59.9 Å². The summed E-state index contributed by atoms with van der Waals surface area (Å²) in [5.74, 6) is -1.41. The van der Waals surface area contributed by atoms with Crippen molar-refractivity contribution in [1.82, 2.24) is 0 Å². The molecule has 1 aliphatic heterocycles. The standard InChI is InChI=1S/C18H17FN2O2/c1-2-12-7-9-13(10-8-12)20-15-11-17(22)21(18(15)23)16-6-4-3-5-14(16)19/h3-10,15,20H,2,11H2,1H3/t15-/m0/s1. The number of carbonyl (C=O) groups excluding carboxylic acids is 2. The fraction of sp³-hybridized carbons (Fsp3) is 0.222. The average molecular weight is 312 g/mol. The van der Waals surface area contributed by atoms with Gasteiger partial charge in [0.15, 0.2) is 0 Å². The van der Waals surface area contributed by atoms with E-state index in [2.05, 4.69) is 12.2 Å². The highest BCUT2D eigenvalue weighted by atomic mass is 19.1. The summed E-state index contributed by atoms with van der Waals surface area (Å²) in [6, 6.07) is 12.8. The maximum atomic E-state index is 13.9. The van der Waals surface area contributed by atoms with E-state index in [-0.39, 0.29) is 12.1 Å². The highest BCUT2D eigenvalue weighted by Crippen LogP contribution is 2.27. The molecule has 23 heavy (non-hydrogen) atoms. The van der Waals surface area contributed by atoms with Crippen LogP contribution in [0, 0.1) is 5.82 Å². The molecule has 0 bridgehead atoms. The van der Waals surface area contributed by atoms with Crippen molar-refractivity contribution >= 4 is 23.2 Å². The Morgan fingerprint density at radius 3 is 2.48 bits per heavy atom. The van der Waals surface area contributed by atoms with Gasteiger partial charge in [-0.15, -0.1) is 0 Å². The van der Waals surface area contributed by atoms with Gasteiger partial charge in [-0.2, -0.15) is 0 Å². The number of carbonyl (C=O) groups is 2. The Kier molecular flexibility index (Phi) is 4.10. The summed E-state index contributed by atoms with van der Waals surface area (Å²) >= 11 is 0. The van der Waals surface area contributed by atoms with Crippen molar-refractivity contribution in [1.29, 1.82) is 0 Å². The molecule has 1 heterocycles. The van der Waals surface area contributed by atoms with Gasteiger partial charge in [-0.1, -0.05) is 31.2 Å². The third-order valence-corrected chi connectivity index (χ3v) is 3.94. The number of nitrogens with zero attached hydrogens (tertiary/aromatic N) is 1. The van der Waals surface area contributed by atoms with E-state index in [1.165, 1.54) is 23.8 Å². The summed E-state index contributed by atoms with van der Waals surface area (Å²) in [5, 5.41) is 3.06. The van der Waals surface area contributed by atoms with Gasteiger partial charge in [-0.3, -0.25) is 9.59 Å². The van der Waals surface area contributed by atoms with Crippen molar-refractivity contribution in [2.75, 3.05) is 10.2 Å². The second-order valence-electron chi connectivity index (χ2n) is 5.47. The summed E-state index contributed by atoms with van der Waals surface area (Å²) in [6.45, 7) is 2.06. The fourth-order valence-corrected chi connectivity index (χ4v) is 2.67. The van der Waals surface area contributed by atoms with Crippen molar-refractivity contribution in [2.24, 2.45) is 0 Å². The van der Waals surface area contributed by atoms with Crippen LogP contribution >= 0.6 is 0 Å². The zero-order valence-corrected chi connectivity index (χ0v) is 12.8. The largest absolute Gasteiger partial charge is 0.373 e. The Bertz CT molecular complexity index is 743. The number of halogens is 1. The zero-order valence-electron chi connectivity index (χ0n) is 12.8. The van der Waals surface area contributed by atoms with Gasteiger partial charge < -0.3 is 5.32 Å². The first-order chi connectivity index (χ1) is 11.1. The maximum Gasteiger partial charge on any atom is 0.256 e. The van der Waals surface area contributed by atoms with E-state index in [9.17, 15) is 14.0 Å². The molecule has 0 spiro atoms. The third kappa shape index (κ3) is 2.95. The van der Waals surface area contributed by atoms with E-state index in [4.69, 9.17) is 0 Å². The van der Waals surface area contributed by atoms with Gasteiger partial charge in [-0.25, -0.2) is 9.29 Å². The molecule has 2 amide bonds. The first-order valence-corrected chi connectivity index (χ1v) is 7.57. The number of nitrogens with one attached hydrogen (secondary N) is 1. The summed E-state index contributed by atoms with van der Waals surface area (Å²) in [4.78, 5) is 25.5. The molecular formula is C18H17FN2O2. The van der Waals surface area contributed by atoms with Crippen LogP contribution in [-0.2, 0) is 16.0 Å². The first-order valence-electron chi connectivity index (χ1n) is 7.57. The van der Waals surface area contributed by atoms with Crippen molar-refractivity contribution in [3.8, 4) is 0 Å². The molecule has 2 aromatic carbocycles. The molecule has 0 radical (unpaired) electrons. The van der Waals surface area contributed by atoms with Crippen LogP contribution in [0.5, 0.6) is 0 Å². The van der Waals surface area contributed by atoms with Gasteiger partial charge in [0, 0.05) is 5.69 Å². The molecule has 4 nitrogen and oxygen atoms in total. The molecular weight excluding hydrogens is 295 g/mol. The normalized spacial score (nSPS) is 17.7. The fourth-order valence-electron chi connectivity index (χ4n) is 2.67. The number of rotatable bonds is 4. The number of hydrogen-bond acceptors (Lipinski definition) is 3. The van der Waals surface area contributed by atoms with Crippen LogP contribution in [0.3, 0.4) is 0 Å². The van der Waals surface area contributed by atoms with E-state index in [0.717, 1.165) is 17.0 Å². The van der Waals surface area contributed by atoms with E-state index in [1.54, 1.807) is 6.07 Å². The lowest BCUT2D eigenvalue weighted by Crippen LogP contribution is -2.35. The Morgan fingerprint density at radius 1 is 1.13 bits per heavy atom. The SMILES string of the molecule is CCc1ccc(N[C@H]2CC(=O)N(c3ccccc3F)C2=O)cc1. The number of imide groups is 1. The molecule has 0 unspecified atom stereocenters. The molecule has 0 aromatic heterocycles. The molecule has 3 rings (SSSR count). The minimum absolute atomic E-state index is 0.00753. The number of amides is 2. The molecule has 2 aromatic rings. The summed E-state index contributed by atoms with van der Waals surface area (Å²) in [6.07, 6.45) is 0.949. The van der Waals surface area contributed by atoms with E-state index in [1.807, 2.05) is 24.3 Å².